The van der Waals surface area contributed by atoms with Crippen LogP contribution in [-0.4, -0.2) is 31.1 Å². The van der Waals surface area contributed by atoms with Crippen LogP contribution in [0.4, 0.5) is 0 Å². The minimum Gasteiger partial charge on any atom is -0.368 e. The molecule has 0 radical (unpaired) electrons. The number of rotatable bonds is 3. The van der Waals surface area contributed by atoms with E-state index in [-0.39, 0.29) is 12.1 Å². The lowest BCUT2D eigenvalue weighted by Crippen LogP contribution is -2.18. The number of hydrogen-bond acceptors (Lipinski definition) is 5. The van der Waals surface area contributed by atoms with Crippen molar-refractivity contribution in [2.75, 3.05) is 0 Å². The highest BCUT2D eigenvalue weighted by molar-refractivity contribution is 5.73. The van der Waals surface area contributed by atoms with Gasteiger partial charge in [-0.15, -0.1) is 5.10 Å². The number of hydrogen-bond donors (Lipinski definition) is 2. The Balaban J connectivity index is 2.27. The molecule has 0 aliphatic carbocycles. The highest BCUT2D eigenvalue weighted by atomic mass is 16.1. The number of aromatic amines is 1. The minimum absolute atomic E-state index is 0.0453. The molecule has 0 aromatic carbocycles. The predicted octanol–water partition coefficient (Wildman–Crippen LogP) is -1.49. The van der Waals surface area contributed by atoms with Crippen molar-refractivity contribution in [2.45, 2.75) is 6.54 Å². The number of nitrogens with one attached hydrogen (secondary N) is 1. The summed E-state index contributed by atoms with van der Waals surface area (Å²) >= 11 is 0. The van der Waals surface area contributed by atoms with Gasteiger partial charge in [-0.2, -0.15) is 5.10 Å². The van der Waals surface area contributed by atoms with E-state index in [0.717, 1.165) is 0 Å². The average molecular weight is 220 g/mol. The van der Waals surface area contributed by atoms with Crippen molar-refractivity contribution in [1.29, 1.82) is 0 Å². The fraction of sp³-hybridized carbons (Fsp3) is 0.125. The molecular weight excluding hydrogens is 212 g/mol. The maximum atomic E-state index is 10.8. The van der Waals surface area contributed by atoms with Gasteiger partial charge in [0.1, 0.15) is 17.9 Å². The van der Waals surface area contributed by atoms with Crippen LogP contribution in [0.5, 0.6) is 0 Å². The predicted molar refractivity (Wildman–Crippen MR) is 53.1 cm³/mol. The van der Waals surface area contributed by atoms with E-state index >= 15 is 0 Å². The number of primary amides is 1. The third-order valence-electron chi connectivity index (χ3n) is 1.80. The van der Waals surface area contributed by atoms with Crippen molar-refractivity contribution in [3.63, 3.8) is 0 Å². The molecule has 8 heteroatoms. The lowest BCUT2D eigenvalue weighted by molar-refractivity contribution is -0.118. The van der Waals surface area contributed by atoms with Crippen LogP contribution in [0.15, 0.2) is 23.1 Å². The first-order valence-electron chi connectivity index (χ1n) is 4.40. The molecule has 2 rings (SSSR count). The molecule has 1 amide bonds. The zero-order valence-corrected chi connectivity index (χ0v) is 8.12. The minimum atomic E-state index is -0.508. The number of nitrogens with two attached hydrogens (primary N) is 1. The van der Waals surface area contributed by atoms with Gasteiger partial charge in [-0.05, 0) is 6.07 Å². The van der Waals surface area contributed by atoms with Crippen LogP contribution >= 0.6 is 0 Å². The van der Waals surface area contributed by atoms with Crippen LogP contribution in [-0.2, 0) is 11.3 Å². The first-order chi connectivity index (χ1) is 7.65. The molecule has 0 aliphatic heterocycles. The molecule has 0 aliphatic rings. The van der Waals surface area contributed by atoms with Gasteiger partial charge in [0.25, 0.3) is 5.56 Å². The van der Waals surface area contributed by atoms with Crippen LogP contribution in [0.1, 0.15) is 0 Å². The van der Waals surface area contributed by atoms with Gasteiger partial charge in [-0.3, -0.25) is 9.59 Å². The van der Waals surface area contributed by atoms with E-state index < -0.39 is 5.91 Å². The molecule has 0 spiro atoms. The summed E-state index contributed by atoms with van der Waals surface area (Å²) < 4.78 is 1.30. The molecule has 2 heterocycles. The van der Waals surface area contributed by atoms with Gasteiger partial charge >= 0.3 is 0 Å². The molecular formula is C8H8N6O2. The Hall–Kier alpha value is -2.51. The van der Waals surface area contributed by atoms with Crippen LogP contribution in [0.3, 0.4) is 0 Å². The maximum Gasteiger partial charge on any atom is 0.264 e. The molecule has 0 saturated carbocycles. The molecule has 2 aromatic rings. The number of nitrogens with zero attached hydrogens (tertiary/aromatic N) is 4. The first-order valence-corrected chi connectivity index (χ1v) is 4.40. The quantitative estimate of drug-likeness (QED) is 0.653. The fourth-order valence-corrected chi connectivity index (χ4v) is 1.14. The molecule has 16 heavy (non-hydrogen) atoms. The van der Waals surface area contributed by atoms with E-state index in [1.807, 2.05) is 0 Å². The molecule has 0 saturated heterocycles. The van der Waals surface area contributed by atoms with Crippen molar-refractivity contribution in [2.24, 2.45) is 5.73 Å². The molecule has 82 valence electrons. The summed E-state index contributed by atoms with van der Waals surface area (Å²) in [4.78, 5) is 21.4. The van der Waals surface area contributed by atoms with Crippen LogP contribution in [0.25, 0.3) is 11.4 Å². The molecule has 0 fully saturated rings. The number of H-pyrrole nitrogens is 1. The van der Waals surface area contributed by atoms with Gasteiger partial charge < -0.3 is 5.73 Å². The maximum absolute atomic E-state index is 10.8. The van der Waals surface area contributed by atoms with Crippen molar-refractivity contribution in [3.05, 3.63) is 28.7 Å². The summed E-state index contributed by atoms with van der Waals surface area (Å²) in [6.07, 6.45) is 1.52. The highest BCUT2D eigenvalue weighted by Gasteiger charge is 2.06. The van der Waals surface area contributed by atoms with Gasteiger partial charge in [-0.1, -0.05) is 5.21 Å². The lowest BCUT2D eigenvalue weighted by Gasteiger charge is -1.93. The van der Waals surface area contributed by atoms with Gasteiger partial charge in [-0.25, -0.2) is 9.78 Å². The third kappa shape index (κ3) is 2.11. The van der Waals surface area contributed by atoms with E-state index in [9.17, 15) is 9.59 Å². The summed E-state index contributed by atoms with van der Waals surface area (Å²) in [5.41, 5.74) is 5.63. The number of amides is 1. The van der Waals surface area contributed by atoms with Crippen molar-refractivity contribution >= 4 is 5.91 Å². The summed E-state index contributed by atoms with van der Waals surface area (Å²) in [6.45, 7) is -0.0453. The van der Waals surface area contributed by atoms with Crippen molar-refractivity contribution < 1.29 is 4.79 Å². The second-order valence-electron chi connectivity index (χ2n) is 3.07. The topological polar surface area (TPSA) is 120 Å². The Morgan fingerprint density at radius 2 is 2.25 bits per heavy atom. The Bertz CT molecular complexity index is 551. The second-order valence-corrected chi connectivity index (χ2v) is 3.07. The average Bonchev–Trinajstić information content (AvgIpc) is 2.66. The number of carbonyl (C=O) groups is 1. The monoisotopic (exact) mass is 220 g/mol. The normalized spacial score (nSPS) is 10.2. The van der Waals surface area contributed by atoms with E-state index in [0.29, 0.717) is 11.4 Å². The second kappa shape index (κ2) is 3.93. The lowest BCUT2D eigenvalue weighted by atomic mass is 10.3. The van der Waals surface area contributed by atoms with Gasteiger partial charge in [0.15, 0.2) is 0 Å². The smallest absolute Gasteiger partial charge is 0.264 e. The Labute approximate surface area is 89.1 Å². The van der Waals surface area contributed by atoms with Gasteiger partial charge in [0, 0.05) is 6.07 Å². The van der Waals surface area contributed by atoms with Crippen LogP contribution < -0.4 is 11.3 Å². The Kier molecular flexibility index (Phi) is 2.46. The van der Waals surface area contributed by atoms with E-state index in [4.69, 9.17) is 5.73 Å². The van der Waals surface area contributed by atoms with Crippen LogP contribution in [0.2, 0.25) is 0 Å². The number of carbonyl (C=O) groups excluding carboxylic acids is 1. The Morgan fingerprint density at radius 3 is 2.88 bits per heavy atom. The standard InChI is InChI=1S/C8H8N6O2/c9-7(15)4-14-3-6(11-13-14)5-1-2-8(16)12-10-5/h1-3H,4H2,(H2,9,15)(H,12,16). The number of aromatic nitrogens is 5. The Morgan fingerprint density at radius 1 is 1.44 bits per heavy atom. The summed E-state index contributed by atoms with van der Waals surface area (Å²) in [7, 11) is 0. The summed E-state index contributed by atoms with van der Waals surface area (Å²) in [6, 6.07) is 2.84. The van der Waals surface area contributed by atoms with Gasteiger partial charge in [0.2, 0.25) is 5.91 Å². The summed E-state index contributed by atoms with van der Waals surface area (Å²) in [5, 5.41) is 13.5. The molecule has 0 atom stereocenters. The van der Waals surface area contributed by atoms with Crippen LogP contribution in [0, 0.1) is 0 Å². The van der Waals surface area contributed by atoms with E-state index in [1.165, 1.54) is 23.0 Å². The molecule has 3 N–H and O–H groups in total. The highest BCUT2D eigenvalue weighted by Crippen LogP contribution is 2.09. The van der Waals surface area contributed by atoms with E-state index in [1.54, 1.807) is 0 Å². The fourth-order valence-electron chi connectivity index (χ4n) is 1.14. The largest absolute Gasteiger partial charge is 0.368 e. The van der Waals surface area contributed by atoms with E-state index in [2.05, 4.69) is 20.5 Å². The SMILES string of the molecule is NC(=O)Cn1cc(-c2ccc(=O)[nH]n2)nn1. The summed E-state index contributed by atoms with van der Waals surface area (Å²) in [5.74, 6) is -0.508. The van der Waals surface area contributed by atoms with Gasteiger partial charge in [0.05, 0.1) is 6.20 Å². The molecule has 2 aromatic heterocycles. The third-order valence-corrected chi connectivity index (χ3v) is 1.80. The zero-order chi connectivity index (χ0) is 11.5. The van der Waals surface area contributed by atoms with Crippen molar-refractivity contribution in [3.8, 4) is 11.4 Å². The first kappa shape index (κ1) is 10.0. The molecule has 0 unspecified atom stereocenters. The molecule has 8 nitrogen and oxygen atoms in total. The van der Waals surface area contributed by atoms with Crippen molar-refractivity contribution in [1.82, 2.24) is 25.2 Å². The zero-order valence-electron chi connectivity index (χ0n) is 8.12. The molecule has 0 bridgehead atoms.